The molecular formula is C17H11ClFN3O3. The van der Waals surface area contributed by atoms with Crippen LogP contribution in [-0.4, -0.2) is 14.7 Å². The van der Waals surface area contributed by atoms with Crippen molar-refractivity contribution in [2.45, 2.75) is 6.92 Å². The van der Waals surface area contributed by atoms with Crippen molar-refractivity contribution in [3.8, 4) is 16.8 Å². The Bertz CT molecular complexity index is 1050. The molecule has 0 spiro atoms. The molecule has 25 heavy (non-hydrogen) atoms. The van der Waals surface area contributed by atoms with E-state index in [1.165, 1.54) is 36.4 Å². The van der Waals surface area contributed by atoms with E-state index in [1.54, 1.807) is 13.0 Å². The summed E-state index contributed by atoms with van der Waals surface area (Å²) < 4.78 is 14.4. The van der Waals surface area contributed by atoms with E-state index in [9.17, 15) is 19.3 Å². The first-order valence-electron chi connectivity index (χ1n) is 7.18. The molecule has 6 nitrogen and oxygen atoms in total. The lowest BCUT2D eigenvalue weighted by molar-refractivity contribution is -0.384. The van der Waals surface area contributed by atoms with E-state index in [0.29, 0.717) is 22.5 Å². The fraction of sp³-hybridized carbons (Fsp3) is 0.0588. The van der Waals surface area contributed by atoms with E-state index in [0.717, 1.165) is 10.7 Å². The number of rotatable bonds is 3. The minimum atomic E-state index is -0.594. The lowest BCUT2D eigenvalue weighted by Gasteiger charge is -2.10. The molecule has 2 aromatic carbocycles. The summed E-state index contributed by atoms with van der Waals surface area (Å²) in [6.07, 6.45) is 0. The van der Waals surface area contributed by atoms with Crippen LogP contribution in [-0.2, 0) is 0 Å². The molecule has 3 aromatic rings. The molecule has 0 atom stereocenters. The van der Waals surface area contributed by atoms with Gasteiger partial charge < -0.3 is 0 Å². The van der Waals surface area contributed by atoms with Crippen LogP contribution < -0.4 is 5.56 Å². The van der Waals surface area contributed by atoms with Crippen LogP contribution in [0.5, 0.6) is 0 Å². The monoisotopic (exact) mass is 359 g/mol. The lowest BCUT2D eigenvalue weighted by atomic mass is 10.0. The van der Waals surface area contributed by atoms with Crippen molar-refractivity contribution in [3.05, 3.63) is 85.5 Å². The molecule has 0 saturated heterocycles. The van der Waals surface area contributed by atoms with Gasteiger partial charge in [-0.05, 0) is 30.7 Å². The van der Waals surface area contributed by atoms with Crippen LogP contribution in [0.4, 0.5) is 10.1 Å². The number of hydrogen-bond donors (Lipinski definition) is 0. The maximum Gasteiger partial charge on any atom is 0.272 e. The zero-order valence-electron chi connectivity index (χ0n) is 12.9. The standard InChI is InChI=1S/C17H11ClFN3O3/c1-10-14(11-3-2-4-13(7-11)22(24)25)9-17(23)21(20-10)12-5-6-16(19)15(18)8-12/h2-9H,1H3. The summed E-state index contributed by atoms with van der Waals surface area (Å²) in [5, 5.41) is 15.0. The molecule has 0 fully saturated rings. The second-order valence-corrected chi connectivity index (χ2v) is 5.71. The van der Waals surface area contributed by atoms with Gasteiger partial charge in [0.25, 0.3) is 11.2 Å². The summed E-state index contributed by atoms with van der Waals surface area (Å²) in [6.45, 7) is 1.68. The molecule has 0 amide bonds. The Kier molecular flexibility index (Phi) is 4.33. The predicted molar refractivity (Wildman–Crippen MR) is 91.6 cm³/mol. The maximum absolute atomic E-state index is 13.3. The number of benzene rings is 2. The topological polar surface area (TPSA) is 78.0 Å². The molecule has 0 N–H and O–H groups in total. The molecule has 0 unspecified atom stereocenters. The third-order valence-corrected chi connectivity index (χ3v) is 3.92. The Hall–Kier alpha value is -3.06. The molecule has 0 aliphatic carbocycles. The quantitative estimate of drug-likeness (QED) is 0.524. The molecule has 0 aliphatic rings. The van der Waals surface area contributed by atoms with E-state index in [1.807, 2.05) is 0 Å². The van der Waals surface area contributed by atoms with Gasteiger partial charge >= 0.3 is 0 Å². The van der Waals surface area contributed by atoms with Crippen molar-refractivity contribution in [2.24, 2.45) is 0 Å². The van der Waals surface area contributed by atoms with Gasteiger partial charge in [-0.2, -0.15) is 9.78 Å². The smallest absolute Gasteiger partial charge is 0.267 e. The van der Waals surface area contributed by atoms with Crippen LogP contribution >= 0.6 is 11.6 Å². The fourth-order valence-corrected chi connectivity index (χ4v) is 2.60. The van der Waals surface area contributed by atoms with Gasteiger partial charge in [-0.1, -0.05) is 23.7 Å². The highest BCUT2D eigenvalue weighted by Gasteiger charge is 2.13. The van der Waals surface area contributed by atoms with Crippen molar-refractivity contribution in [3.63, 3.8) is 0 Å². The third kappa shape index (κ3) is 3.27. The molecule has 3 rings (SSSR count). The summed E-state index contributed by atoms with van der Waals surface area (Å²) in [5.41, 5.74) is 1.27. The Balaban J connectivity index is 2.12. The highest BCUT2D eigenvalue weighted by atomic mass is 35.5. The highest BCUT2D eigenvalue weighted by molar-refractivity contribution is 6.30. The minimum Gasteiger partial charge on any atom is -0.267 e. The summed E-state index contributed by atoms with van der Waals surface area (Å²) in [7, 11) is 0. The van der Waals surface area contributed by atoms with Crippen LogP contribution in [0.2, 0.25) is 5.02 Å². The SMILES string of the molecule is Cc1nn(-c2ccc(F)c(Cl)c2)c(=O)cc1-c1cccc([N+](=O)[O-])c1. The van der Waals surface area contributed by atoms with Crippen LogP contribution in [0.25, 0.3) is 16.8 Å². The van der Waals surface area contributed by atoms with Gasteiger partial charge in [0.15, 0.2) is 0 Å². The first kappa shape index (κ1) is 16.8. The normalized spacial score (nSPS) is 10.7. The zero-order valence-corrected chi connectivity index (χ0v) is 13.7. The maximum atomic E-state index is 13.3. The molecule has 0 bridgehead atoms. The Morgan fingerprint density at radius 3 is 2.64 bits per heavy atom. The second kappa shape index (κ2) is 6.45. The number of halogens is 2. The van der Waals surface area contributed by atoms with Gasteiger partial charge in [-0.25, -0.2) is 4.39 Å². The van der Waals surface area contributed by atoms with E-state index >= 15 is 0 Å². The summed E-state index contributed by atoms with van der Waals surface area (Å²) in [6, 6.07) is 11.1. The molecule has 126 valence electrons. The van der Waals surface area contributed by atoms with Gasteiger partial charge in [0, 0.05) is 23.8 Å². The van der Waals surface area contributed by atoms with Crippen molar-refractivity contribution in [2.75, 3.05) is 0 Å². The number of nitro groups is 1. The van der Waals surface area contributed by atoms with Crippen molar-refractivity contribution < 1.29 is 9.31 Å². The average Bonchev–Trinajstić information content (AvgIpc) is 2.59. The highest BCUT2D eigenvalue weighted by Crippen LogP contribution is 2.25. The van der Waals surface area contributed by atoms with Crippen LogP contribution in [0.1, 0.15) is 5.69 Å². The van der Waals surface area contributed by atoms with Crippen molar-refractivity contribution in [1.82, 2.24) is 9.78 Å². The van der Waals surface area contributed by atoms with Gasteiger partial charge in [0.2, 0.25) is 0 Å². The van der Waals surface area contributed by atoms with E-state index < -0.39 is 16.3 Å². The number of nitro benzene ring substituents is 1. The summed E-state index contributed by atoms with van der Waals surface area (Å²) in [5.74, 6) is -0.594. The average molecular weight is 360 g/mol. The third-order valence-electron chi connectivity index (χ3n) is 3.63. The van der Waals surface area contributed by atoms with Crippen LogP contribution in [0.15, 0.2) is 53.3 Å². The van der Waals surface area contributed by atoms with E-state index in [4.69, 9.17) is 11.6 Å². The Labute approximate surface area is 146 Å². The summed E-state index contributed by atoms with van der Waals surface area (Å²) >= 11 is 5.75. The predicted octanol–water partition coefficient (Wildman–Crippen LogP) is 3.91. The summed E-state index contributed by atoms with van der Waals surface area (Å²) in [4.78, 5) is 22.8. The number of nitrogens with zero attached hydrogens (tertiary/aromatic N) is 3. The van der Waals surface area contributed by atoms with Gasteiger partial charge in [0.1, 0.15) is 5.82 Å². The first-order chi connectivity index (χ1) is 11.9. The number of aromatic nitrogens is 2. The zero-order chi connectivity index (χ0) is 18.1. The molecule has 0 radical (unpaired) electrons. The molecule has 1 heterocycles. The first-order valence-corrected chi connectivity index (χ1v) is 7.56. The number of hydrogen-bond acceptors (Lipinski definition) is 4. The molecule has 1 aromatic heterocycles. The Morgan fingerprint density at radius 2 is 1.96 bits per heavy atom. The largest absolute Gasteiger partial charge is 0.272 e. The van der Waals surface area contributed by atoms with E-state index in [2.05, 4.69) is 5.10 Å². The fourth-order valence-electron chi connectivity index (χ4n) is 2.42. The van der Waals surface area contributed by atoms with Gasteiger partial charge in [-0.3, -0.25) is 14.9 Å². The van der Waals surface area contributed by atoms with E-state index in [-0.39, 0.29) is 10.7 Å². The molecule has 0 aliphatic heterocycles. The van der Waals surface area contributed by atoms with Gasteiger partial charge in [0.05, 0.1) is 21.3 Å². The number of aryl methyl sites for hydroxylation is 1. The Morgan fingerprint density at radius 1 is 1.20 bits per heavy atom. The second-order valence-electron chi connectivity index (χ2n) is 5.30. The van der Waals surface area contributed by atoms with Crippen molar-refractivity contribution >= 4 is 17.3 Å². The molecule has 0 saturated carbocycles. The molecular weight excluding hydrogens is 349 g/mol. The lowest BCUT2D eigenvalue weighted by Crippen LogP contribution is -2.21. The number of non-ortho nitro benzene ring substituents is 1. The van der Waals surface area contributed by atoms with Gasteiger partial charge in [-0.15, -0.1) is 0 Å². The molecule has 8 heteroatoms. The minimum absolute atomic E-state index is 0.0774. The van der Waals surface area contributed by atoms with Crippen molar-refractivity contribution in [1.29, 1.82) is 0 Å². The van der Waals surface area contributed by atoms with Crippen LogP contribution in [0.3, 0.4) is 0 Å². The van der Waals surface area contributed by atoms with Crippen LogP contribution in [0, 0.1) is 22.9 Å².